The molecule has 3 heterocycles. The fourth-order valence-corrected chi connectivity index (χ4v) is 9.81. The number of aryl methyl sites for hydroxylation is 1. The summed E-state index contributed by atoms with van der Waals surface area (Å²) in [6.45, 7) is 25.7. The number of allylic oxidation sites excluding steroid dienone is 1. The van der Waals surface area contributed by atoms with Gasteiger partial charge >= 0.3 is 11.9 Å². The van der Waals surface area contributed by atoms with Crippen LogP contribution in [0.4, 0.5) is 0 Å². The van der Waals surface area contributed by atoms with Crippen LogP contribution in [0.1, 0.15) is 129 Å². The van der Waals surface area contributed by atoms with E-state index in [0.717, 1.165) is 52.9 Å². The van der Waals surface area contributed by atoms with E-state index in [0.29, 0.717) is 25.8 Å². The topological polar surface area (TPSA) is 138 Å². The third-order valence-corrected chi connectivity index (χ3v) is 17.8. The predicted molar refractivity (Wildman–Crippen MR) is 224 cm³/mol. The number of epoxide rings is 1. The zero-order chi connectivity index (χ0) is 41.5. The summed E-state index contributed by atoms with van der Waals surface area (Å²) in [6, 6.07) is 6.01. The van der Waals surface area contributed by atoms with E-state index < -0.39 is 49.9 Å². The molecule has 2 N–H and O–H groups in total. The van der Waals surface area contributed by atoms with Gasteiger partial charge in [0.05, 0.1) is 52.0 Å². The molecule has 0 radical (unpaired) electrons. The Morgan fingerprint density at radius 3 is 2.57 bits per heavy atom. The molecular formula is C43H69N3O8SSi. The fourth-order valence-electron chi connectivity index (χ4n) is 7.58. The van der Waals surface area contributed by atoms with Crippen molar-refractivity contribution in [3.8, 4) is 0 Å². The first kappa shape index (κ1) is 46.2. The number of carbonyl (C=O) groups excluding carboxylic acids is 3. The van der Waals surface area contributed by atoms with Crippen molar-refractivity contribution >= 4 is 47.6 Å². The highest BCUT2D eigenvalue weighted by atomic mass is 32.1. The molecule has 7 atom stereocenters. The lowest BCUT2D eigenvalue weighted by atomic mass is 9.71. The highest BCUT2D eigenvalue weighted by molar-refractivity contribution is 7.18. The van der Waals surface area contributed by atoms with E-state index in [-0.39, 0.29) is 41.3 Å². The van der Waals surface area contributed by atoms with Gasteiger partial charge in [0.15, 0.2) is 8.32 Å². The number of Topliss-reactive ketones (excluding diaryl/α,β-unsaturated/α-hetero) is 1. The van der Waals surface area contributed by atoms with Crippen molar-refractivity contribution in [2.24, 2.45) is 17.3 Å². The van der Waals surface area contributed by atoms with Gasteiger partial charge in [-0.15, -0.1) is 23.5 Å². The minimum atomic E-state index is -2.35. The van der Waals surface area contributed by atoms with E-state index in [1.165, 1.54) is 7.11 Å². The van der Waals surface area contributed by atoms with E-state index in [9.17, 15) is 9.59 Å². The number of hydrogen-bond donors (Lipinski definition) is 2. The Kier molecular flexibility index (Phi) is 16.1. The number of nitrogens with zero attached hydrogens (tertiary/aromatic N) is 1. The van der Waals surface area contributed by atoms with E-state index in [1.54, 1.807) is 31.3 Å². The second-order valence-corrected chi connectivity index (χ2v) is 24.2. The Morgan fingerprint density at radius 2 is 1.89 bits per heavy atom. The van der Waals surface area contributed by atoms with Crippen LogP contribution >= 0.6 is 11.3 Å². The quantitative estimate of drug-likeness (QED) is 0.0472. The second kappa shape index (κ2) is 19.5. The van der Waals surface area contributed by atoms with E-state index in [4.69, 9.17) is 28.5 Å². The van der Waals surface area contributed by atoms with Gasteiger partial charge in [0.2, 0.25) is 0 Å². The van der Waals surface area contributed by atoms with Crippen LogP contribution < -0.4 is 11.0 Å². The number of rotatable bonds is 14. The maximum absolute atomic E-state index is 15.1. The van der Waals surface area contributed by atoms with E-state index >= 15 is 4.79 Å². The molecule has 4 rings (SSSR count). The van der Waals surface area contributed by atoms with Gasteiger partial charge < -0.3 is 18.6 Å². The predicted octanol–water partition coefficient (Wildman–Crippen LogP) is 9.25. The van der Waals surface area contributed by atoms with Crippen LogP contribution in [-0.2, 0) is 37.9 Å². The number of thiazole rings is 1. The van der Waals surface area contributed by atoms with Crippen molar-refractivity contribution in [2.75, 3.05) is 13.7 Å². The number of fused-ring (bicyclic) bond motifs is 2. The van der Waals surface area contributed by atoms with Gasteiger partial charge in [-0.05, 0) is 102 Å². The van der Waals surface area contributed by atoms with E-state index in [1.807, 2.05) is 25.1 Å². The Morgan fingerprint density at radius 1 is 1.16 bits per heavy atom. The fraction of sp³-hybridized carbons (Fsp3) is 0.721. The van der Waals surface area contributed by atoms with Gasteiger partial charge in [-0.1, -0.05) is 52.7 Å². The normalized spacial score (nSPS) is 28.1. The molecule has 314 valence electrons. The molecule has 0 saturated carbocycles. The molecule has 11 nitrogen and oxygen atoms in total. The third kappa shape index (κ3) is 12.0. The van der Waals surface area contributed by atoms with Crippen LogP contribution in [0.15, 0.2) is 30.9 Å². The van der Waals surface area contributed by atoms with Crippen molar-refractivity contribution in [3.63, 3.8) is 0 Å². The molecule has 2 aromatic rings. The zero-order valence-corrected chi connectivity index (χ0v) is 37.7. The smallest absolute Gasteiger partial charge is 0.310 e. The van der Waals surface area contributed by atoms with Crippen LogP contribution in [0.5, 0.6) is 0 Å². The van der Waals surface area contributed by atoms with Crippen molar-refractivity contribution < 1.29 is 37.9 Å². The van der Waals surface area contributed by atoms with Crippen LogP contribution in [0.2, 0.25) is 18.1 Å². The summed E-state index contributed by atoms with van der Waals surface area (Å²) in [7, 11) is -0.826. The monoisotopic (exact) mass is 815 g/mol. The molecule has 0 bridgehead atoms. The van der Waals surface area contributed by atoms with Gasteiger partial charge in [0, 0.05) is 25.3 Å². The molecule has 56 heavy (non-hydrogen) atoms. The molecular weight excluding hydrogens is 747 g/mol. The number of esters is 2. The molecule has 2 fully saturated rings. The average Bonchev–Trinajstić information content (AvgIpc) is 3.58. The zero-order valence-electron chi connectivity index (χ0n) is 35.9. The van der Waals surface area contributed by atoms with Crippen molar-refractivity contribution in [2.45, 2.75) is 168 Å². The third-order valence-electron chi connectivity index (χ3n) is 12.3. The Balaban J connectivity index is 1.70. The van der Waals surface area contributed by atoms with Gasteiger partial charge in [0.1, 0.15) is 18.0 Å². The van der Waals surface area contributed by atoms with Gasteiger partial charge in [-0.2, -0.15) is 0 Å². The SMILES string of the molecule is C=CC[C@H]1C(=O)C(C)(C)[C@@H](OC(=O)CCCCCNNOC)CC(=O)O[C@H](c2ccc3sc(C)nc3c2)C[C@@H]2O[C@]2(C)CCC[C@H](C)[C@@H]1O[Si](C)(C)C(C)(C)C. The molecule has 2 aliphatic rings. The van der Waals surface area contributed by atoms with Gasteiger partial charge in [-0.25, -0.2) is 10.4 Å². The number of cyclic esters (lactones) is 1. The molecule has 0 unspecified atom stereocenters. The standard InChI is InChI=1S/C43H69N3O8SSi/c1-13-18-31-39(54-56(11,12)41(4,5)6)28(2)19-17-23-43(9)36(53-43)26-33(30-21-22-34-32(25-30)45-29(3)55-34)51-38(48)27-35(42(7,8)40(31)49)52-37(47)20-15-14-16-24-44-46-50-10/h13,21-22,25,28,31,33,35-36,39,44,46H,1,14-20,23-24,26-27H2,2-12H3/t28-,31+,33-,35-,36-,39-,43+/m0/s1. The number of hydrogen-bond acceptors (Lipinski definition) is 12. The lowest BCUT2D eigenvalue weighted by Gasteiger charge is -2.45. The summed E-state index contributed by atoms with van der Waals surface area (Å²) in [5.74, 6) is -1.63. The number of carbonyl (C=O) groups is 3. The number of aromatic nitrogens is 1. The summed E-state index contributed by atoms with van der Waals surface area (Å²) in [5, 5.41) is 0.877. The Labute approximate surface area is 340 Å². The molecule has 13 heteroatoms. The first-order valence-corrected chi connectivity index (χ1v) is 24.2. The number of nitrogens with one attached hydrogen (secondary N) is 2. The molecule has 2 aliphatic heterocycles. The van der Waals surface area contributed by atoms with Crippen molar-refractivity contribution in [1.29, 1.82) is 0 Å². The summed E-state index contributed by atoms with van der Waals surface area (Å²) in [5.41, 5.74) is 5.60. The van der Waals surface area contributed by atoms with Crippen LogP contribution in [-0.4, -0.2) is 68.6 Å². The summed E-state index contributed by atoms with van der Waals surface area (Å²) < 4.78 is 27.2. The molecule has 1 aromatic heterocycles. The largest absolute Gasteiger partial charge is 0.461 e. The first-order valence-electron chi connectivity index (χ1n) is 20.5. The number of unbranched alkanes of at least 4 members (excludes halogenated alkanes) is 2. The molecule has 0 spiro atoms. The maximum atomic E-state index is 15.1. The van der Waals surface area contributed by atoms with Crippen LogP contribution in [0.3, 0.4) is 0 Å². The molecule has 1 aromatic carbocycles. The number of hydrazine groups is 1. The van der Waals surface area contributed by atoms with E-state index in [2.05, 4.69) is 65.3 Å². The first-order chi connectivity index (χ1) is 26.2. The summed E-state index contributed by atoms with van der Waals surface area (Å²) in [6.07, 6.45) is 5.12. The number of ketones is 1. The van der Waals surface area contributed by atoms with Crippen LogP contribution in [0, 0.1) is 24.2 Å². The molecule has 0 amide bonds. The van der Waals surface area contributed by atoms with Crippen molar-refractivity contribution in [3.05, 3.63) is 41.4 Å². The minimum Gasteiger partial charge on any atom is -0.461 e. The maximum Gasteiger partial charge on any atom is 0.310 e. The number of benzene rings is 1. The lowest BCUT2D eigenvalue weighted by molar-refractivity contribution is -0.168. The number of ether oxygens (including phenoxy) is 3. The Bertz CT molecular complexity index is 1660. The highest BCUT2D eigenvalue weighted by Gasteiger charge is 2.54. The second-order valence-electron chi connectivity index (χ2n) is 18.2. The van der Waals surface area contributed by atoms with Crippen molar-refractivity contribution in [1.82, 2.24) is 16.0 Å². The summed E-state index contributed by atoms with van der Waals surface area (Å²) >= 11 is 1.62. The van der Waals surface area contributed by atoms with Gasteiger partial charge in [0.25, 0.3) is 0 Å². The lowest BCUT2D eigenvalue weighted by Crippen LogP contribution is -2.52. The average molecular weight is 816 g/mol. The van der Waals surface area contributed by atoms with Crippen LogP contribution in [0.25, 0.3) is 10.2 Å². The summed E-state index contributed by atoms with van der Waals surface area (Å²) in [4.78, 5) is 52.3. The Hall–Kier alpha value is -2.52. The molecule has 0 aliphatic carbocycles. The minimum absolute atomic E-state index is 0.0446. The highest BCUT2D eigenvalue weighted by Crippen LogP contribution is 2.48. The molecule has 2 saturated heterocycles. The van der Waals surface area contributed by atoms with Gasteiger partial charge in [-0.3, -0.25) is 19.2 Å².